The number of nitrogens with zero attached hydrogens (tertiary/aromatic N) is 3. The average Bonchev–Trinajstić information content (AvgIpc) is 2.76. The summed E-state index contributed by atoms with van der Waals surface area (Å²) in [7, 11) is 1.72. The van der Waals surface area contributed by atoms with Crippen LogP contribution >= 0.6 is 0 Å². The predicted octanol–water partition coefficient (Wildman–Crippen LogP) is 1.88. The molecular weight excluding hydrogens is 369 g/mol. The van der Waals surface area contributed by atoms with E-state index in [0.29, 0.717) is 6.54 Å². The third-order valence-electron chi connectivity index (χ3n) is 4.97. The van der Waals surface area contributed by atoms with Gasteiger partial charge in [0.05, 0.1) is 6.54 Å². The van der Waals surface area contributed by atoms with Crippen LogP contribution in [0.3, 0.4) is 0 Å². The summed E-state index contributed by atoms with van der Waals surface area (Å²) in [5, 5.41) is 6.08. The zero-order valence-corrected chi connectivity index (χ0v) is 16.8. The smallest absolute Gasteiger partial charge is 0.239 e. The minimum atomic E-state index is -0.223. The largest absolute Gasteiger partial charge is 0.368 e. The van der Waals surface area contributed by atoms with Crippen LogP contribution in [0.5, 0.6) is 0 Å². The molecule has 3 rings (SSSR count). The van der Waals surface area contributed by atoms with Crippen LogP contribution < -0.4 is 15.5 Å². The van der Waals surface area contributed by atoms with E-state index >= 15 is 0 Å². The molecule has 0 atom stereocenters. The summed E-state index contributed by atoms with van der Waals surface area (Å²) in [6.07, 6.45) is 0.812. The molecule has 0 bridgehead atoms. The van der Waals surface area contributed by atoms with Gasteiger partial charge in [0.25, 0.3) is 0 Å². The SMILES string of the molecule is CN=C(NCC(=O)NCCc1ccccc1)N1CCN(c2ccc(F)cc2)CC1. The Labute approximate surface area is 171 Å². The summed E-state index contributed by atoms with van der Waals surface area (Å²) in [5.41, 5.74) is 2.22. The molecule has 0 saturated carbocycles. The number of amides is 1. The maximum absolute atomic E-state index is 13.1. The van der Waals surface area contributed by atoms with Crippen molar-refractivity contribution < 1.29 is 9.18 Å². The Hall–Kier alpha value is -3.09. The first-order valence-corrected chi connectivity index (χ1v) is 9.92. The van der Waals surface area contributed by atoms with E-state index in [1.54, 1.807) is 19.2 Å². The second-order valence-electron chi connectivity index (χ2n) is 6.94. The molecule has 1 heterocycles. The standard InChI is InChI=1S/C22H28FN5O/c1-24-22(26-17-21(29)25-12-11-18-5-3-2-4-6-18)28-15-13-27(14-16-28)20-9-7-19(23)8-10-20/h2-10H,11-17H2,1H3,(H,24,26)(H,25,29). The average molecular weight is 397 g/mol. The lowest BCUT2D eigenvalue weighted by molar-refractivity contribution is -0.120. The summed E-state index contributed by atoms with van der Waals surface area (Å²) in [6.45, 7) is 4.00. The van der Waals surface area contributed by atoms with E-state index in [4.69, 9.17) is 0 Å². The Morgan fingerprint density at radius 3 is 2.34 bits per heavy atom. The molecule has 0 aliphatic carbocycles. The first-order chi connectivity index (χ1) is 14.2. The molecule has 1 fully saturated rings. The molecule has 0 spiro atoms. The van der Waals surface area contributed by atoms with Crippen molar-refractivity contribution in [3.8, 4) is 0 Å². The Morgan fingerprint density at radius 2 is 1.69 bits per heavy atom. The first kappa shape index (κ1) is 20.6. The number of rotatable bonds is 6. The van der Waals surface area contributed by atoms with Crippen molar-refractivity contribution in [2.45, 2.75) is 6.42 Å². The van der Waals surface area contributed by atoms with Crippen LogP contribution in [0, 0.1) is 5.82 Å². The maximum atomic E-state index is 13.1. The number of aliphatic imine (C=N–C) groups is 1. The van der Waals surface area contributed by atoms with Crippen LogP contribution in [-0.2, 0) is 11.2 Å². The van der Waals surface area contributed by atoms with Gasteiger partial charge < -0.3 is 20.4 Å². The van der Waals surface area contributed by atoms with Crippen LogP contribution in [-0.4, -0.2) is 63.1 Å². The van der Waals surface area contributed by atoms with E-state index in [1.165, 1.54) is 17.7 Å². The topological polar surface area (TPSA) is 60.0 Å². The third kappa shape index (κ3) is 6.20. The number of guanidine groups is 1. The lowest BCUT2D eigenvalue weighted by Crippen LogP contribution is -2.53. The van der Waals surface area contributed by atoms with Crippen LogP contribution in [0.4, 0.5) is 10.1 Å². The Morgan fingerprint density at radius 1 is 1.00 bits per heavy atom. The molecule has 0 radical (unpaired) electrons. The molecule has 2 aromatic rings. The van der Waals surface area contributed by atoms with E-state index in [0.717, 1.165) is 44.2 Å². The summed E-state index contributed by atoms with van der Waals surface area (Å²) in [6, 6.07) is 16.7. The number of carbonyl (C=O) groups is 1. The van der Waals surface area contributed by atoms with Gasteiger partial charge in [0.1, 0.15) is 5.82 Å². The molecule has 0 unspecified atom stereocenters. The van der Waals surface area contributed by atoms with Crippen LogP contribution in [0.15, 0.2) is 59.6 Å². The first-order valence-electron chi connectivity index (χ1n) is 9.92. The van der Waals surface area contributed by atoms with E-state index < -0.39 is 0 Å². The van der Waals surface area contributed by atoms with Gasteiger partial charge in [-0.15, -0.1) is 0 Å². The number of nitrogens with one attached hydrogen (secondary N) is 2. The highest BCUT2D eigenvalue weighted by molar-refractivity contribution is 5.86. The summed E-state index contributed by atoms with van der Waals surface area (Å²) < 4.78 is 13.1. The summed E-state index contributed by atoms with van der Waals surface area (Å²) in [5.74, 6) is 0.452. The third-order valence-corrected chi connectivity index (χ3v) is 4.97. The van der Waals surface area contributed by atoms with Gasteiger partial charge in [0, 0.05) is 45.5 Å². The number of hydrogen-bond acceptors (Lipinski definition) is 3. The molecular formula is C22H28FN5O. The second-order valence-corrected chi connectivity index (χ2v) is 6.94. The van der Waals surface area contributed by atoms with Crippen LogP contribution in [0.25, 0.3) is 0 Å². The minimum absolute atomic E-state index is 0.0490. The molecule has 1 amide bonds. The fraction of sp³-hybridized carbons (Fsp3) is 0.364. The quantitative estimate of drug-likeness (QED) is 0.577. The monoisotopic (exact) mass is 397 g/mol. The van der Waals surface area contributed by atoms with Crippen molar-refractivity contribution >= 4 is 17.6 Å². The molecule has 2 N–H and O–H groups in total. The molecule has 1 aliphatic heterocycles. The van der Waals surface area contributed by atoms with Gasteiger partial charge in [-0.3, -0.25) is 9.79 Å². The number of piperazine rings is 1. The van der Waals surface area contributed by atoms with Gasteiger partial charge >= 0.3 is 0 Å². The summed E-state index contributed by atoms with van der Waals surface area (Å²) in [4.78, 5) is 20.8. The van der Waals surface area contributed by atoms with Gasteiger partial charge in [-0.25, -0.2) is 4.39 Å². The van der Waals surface area contributed by atoms with Gasteiger partial charge in [-0.05, 0) is 36.2 Å². The molecule has 0 aromatic heterocycles. The lowest BCUT2D eigenvalue weighted by Gasteiger charge is -2.37. The van der Waals surface area contributed by atoms with Gasteiger partial charge in [-0.1, -0.05) is 30.3 Å². The second kappa shape index (κ2) is 10.5. The Balaban J connectivity index is 1.39. The number of halogens is 1. The fourth-order valence-electron chi connectivity index (χ4n) is 3.37. The van der Waals surface area contributed by atoms with Crippen molar-refractivity contribution in [2.75, 3.05) is 51.2 Å². The molecule has 154 valence electrons. The number of carbonyl (C=O) groups excluding carboxylic acids is 1. The molecule has 1 saturated heterocycles. The van der Waals surface area contributed by atoms with E-state index in [2.05, 4.69) is 37.6 Å². The highest BCUT2D eigenvalue weighted by Crippen LogP contribution is 2.16. The predicted molar refractivity (Wildman–Crippen MR) is 115 cm³/mol. The van der Waals surface area contributed by atoms with Crippen LogP contribution in [0.2, 0.25) is 0 Å². The molecule has 2 aromatic carbocycles. The zero-order valence-electron chi connectivity index (χ0n) is 16.8. The lowest BCUT2D eigenvalue weighted by atomic mass is 10.1. The zero-order chi connectivity index (χ0) is 20.5. The fourth-order valence-corrected chi connectivity index (χ4v) is 3.37. The van der Waals surface area contributed by atoms with Crippen molar-refractivity contribution in [2.24, 2.45) is 4.99 Å². The van der Waals surface area contributed by atoms with Gasteiger partial charge in [0.15, 0.2) is 5.96 Å². The Kier molecular flexibility index (Phi) is 7.44. The number of anilines is 1. The van der Waals surface area contributed by atoms with E-state index in [9.17, 15) is 9.18 Å². The number of benzene rings is 2. The maximum Gasteiger partial charge on any atom is 0.239 e. The van der Waals surface area contributed by atoms with Crippen LogP contribution in [0.1, 0.15) is 5.56 Å². The van der Waals surface area contributed by atoms with Crippen molar-refractivity contribution in [3.05, 3.63) is 66.0 Å². The van der Waals surface area contributed by atoms with Crippen molar-refractivity contribution in [1.29, 1.82) is 0 Å². The van der Waals surface area contributed by atoms with E-state index in [-0.39, 0.29) is 18.3 Å². The molecule has 1 aliphatic rings. The molecule has 6 nitrogen and oxygen atoms in total. The van der Waals surface area contributed by atoms with E-state index in [1.807, 2.05) is 18.2 Å². The Bertz CT molecular complexity index is 802. The highest BCUT2D eigenvalue weighted by Gasteiger charge is 2.20. The van der Waals surface area contributed by atoms with Crippen molar-refractivity contribution in [1.82, 2.24) is 15.5 Å². The normalized spacial score (nSPS) is 14.6. The summed E-state index contributed by atoms with van der Waals surface area (Å²) >= 11 is 0. The number of hydrogen-bond donors (Lipinski definition) is 2. The van der Waals surface area contributed by atoms with Gasteiger partial charge in [-0.2, -0.15) is 0 Å². The van der Waals surface area contributed by atoms with Crippen molar-refractivity contribution in [3.63, 3.8) is 0 Å². The molecule has 29 heavy (non-hydrogen) atoms. The minimum Gasteiger partial charge on any atom is -0.368 e. The highest BCUT2D eigenvalue weighted by atomic mass is 19.1. The van der Waals surface area contributed by atoms with Gasteiger partial charge in [0.2, 0.25) is 5.91 Å². The molecule has 7 heteroatoms.